The van der Waals surface area contributed by atoms with E-state index in [2.05, 4.69) is 0 Å². The van der Waals surface area contributed by atoms with E-state index < -0.39 is 0 Å². The highest BCUT2D eigenvalue weighted by Crippen LogP contribution is 2.19. The minimum absolute atomic E-state index is 0.0920. The van der Waals surface area contributed by atoms with E-state index in [-0.39, 0.29) is 5.82 Å². The smallest absolute Gasteiger partial charge is 0.126 e. The molecular weight excluding hydrogens is 139 g/mol. The van der Waals surface area contributed by atoms with Crippen LogP contribution in [0, 0.1) is 33.5 Å². The first-order chi connectivity index (χ1) is 5.04. The van der Waals surface area contributed by atoms with E-state index in [1.807, 2.05) is 27.7 Å². The van der Waals surface area contributed by atoms with Crippen LogP contribution in [-0.2, 0) is 0 Å². The second-order valence-electron chi connectivity index (χ2n) is 3.05. The number of hydrogen-bond acceptors (Lipinski definition) is 0. The first-order valence-corrected chi connectivity index (χ1v) is 3.77. The highest BCUT2D eigenvalue weighted by molar-refractivity contribution is 5.38. The number of hydrogen-bond donors (Lipinski definition) is 0. The molecule has 0 aliphatic heterocycles. The van der Waals surface area contributed by atoms with Crippen molar-refractivity contribution in [2.45, 2.75) is 27.7 Å². The maximum absolute atomic E-state index is 13.0. The molecule has 0 aliphatic rings. The zero-order chi connectivity index (χ0) is 8.59. The van der Waals surface area contributed by atoms with Gasteiger partial charge in [0.15, 0.2) is 0 Å². The predicted molar refractivity (Wildman–Crippen MR) is 45.3 cm³/mol. The Morgan fingerprint density at radius 1 is 0.909 bits per heavy atom. The van der Waals surface area contributed by atoms with E-state index in [9.17, 15) is 4.39 Å². The molecule has 0 spiro atoms. The minimum atomic E-state index is -0.0920. The Balaban J connectivity index is 3.46. The fourth-order valence-corrected chi connectivity index (χ4v) is 1.16. The molecule has 0 aliphatic carbocycles. The van der Waals surface area contributed by atoms with Gasteiger partial charge in [-0.2, -0.15) is 0 Å². The Labute approximate surface area is 67.1 Å². The molecule has 0 atom stereocenters. The summed E-state index contributed by atoms with van der Waals surface area (Å²) in [5, 5.41) is 0. The fourth-order valence-electron chi connectivity index (χ4n) is 1.16. The van der Waals surface area contributed by atoms with Crippen molar-refractivity contribution in [3.63, 3.8) is 0 Å². The summed E-state index contributed by atoms with van der Waals surface area (Å²) in [7, 11) is 0. The Hall–Kier alpha value is -0.850. The quantitative estimate of drug-likeness (QED) is 0.536. The Bertz CT molecular complexity index is 261. The van der Waals surface area contributed by atoms with E-state index in [1.54, 1.807) is 6.07 Å². The number of benzene rings is 1. The molecule has 0 fully saturated rings. The first kappa shape index (κ1) is 8.25. The van der Waals surface area contributed by atoms with Crippen LogP contribution in [0.2, 0.25) is 0 Å². The number of halogens is 1. The van der Waals surface area contributed by atoms with E-state index in [0.29, 0.717) is 0 Å². The van der Waals surface area contributed by atoms with Crippen molar-refractivity contribution in [3.8, 4) is 0 Å². The summed E-state index contributed by atoms with van der Waals surface area (Å²) in [6.45, 7) is 7.74. The van der Waals surface area contributed by atoms with Crippen molar-refractivity contribution in [2.75, 3.05) is 0 Å². The van der Waals surface area contributed by atoms with Gasteiger partial charge in [0.25, 0.3) is 0 Å². The average Bonchev–Trinajstić information content (AvgIpc) is 1.97. The van der Waals surface area contributed by atoms with Crippen molar-refractivity contribution in [2.24, 2.45) is 0 Å². The molecule has 0 saturated heterocycles. The van der Waals surface area contributed by atoms with E-state index >= 15 is 0 Å². The highest BCUT2D eigenvalue weighted by Gasteiger charge is 2.05. The summed E-state index contributed by atoms with van der Waals surface area (Å²) in [6, 6.07) is 1.59. The van der Waals surface area contributed by atoms with Gasteiger partial charge in [0.1, 0.15) is 5.82 Å². The summed E-state index contributed by atoms with van der Waals surface area (Å²) >= 11 is 0. The number of rotatable bonds is 0. The van der Waals surface area contributed by atoms with Gasteiger partial charge in [-0.1, -0.05) is 0 Å². The van der Waals surface area contributed by atoms with Gasteiger partial charge < -0.3 is 0 Å². The lowest BCUT2D eigenvalue weighted by Crippen LogP contribution is -1.94. The van der Waals surface area contributed by atoms with Crippen molar-refractivity contribution < 1.29 is 4.39 Å². The van der Waals surface area contributed by atoms with Gasteiger partial charge in [-0.3, -0.25) is 0 Å². The Kier molecular flexibility index (Phi) is 1.99. The molecule has 0 unspecified atom stereocenters. The molecule has 0 heterocycles. The zero-order valence-electron chi connectivity index (χ0n) is 7.46. The lowest BCUT2D eigenvalue weighted by molar-refractivity contribution is 0.615. The SMILES string of the molecule is Cc1cc(F)c(C)c(C)c1C. The largest absolute Gasteiger partial charge is 0.207 e. The van der Waals surface area contributed by atoms with Gasteiger partial charge in [0.05, 0.1) is 0 Å². The lowest BCUT2D eigenvalue weighted by Gasteiger charge is -2.08. The molecule has 0 bridgehead atoms. The second kappa shape index (κ2) is 2.65. The number of aryl methyl sites for hydroxylation is 1. The third-order valence-corrected chi connectivity index (χ3v) is 2.42. The van der Waals surface area contributed by atoms with Gasteiger partial charge in [0.2, 0.25) is 0 Å². The maximum atomic E-state index is 13.0. The maximum Gasteiger partial charge on any atom is 0.126 e. The molecule has 1 aromatic carbocycles. The van der Waals surface area contributed by atoms with E-state index in [4.69, 9.17) is 0 Å². The van der Waals surface area contributed by atoms with Crippen molar-refractivity contribution >= 4 is 0 Å². The molecule has 60 valence electrons. The molecule has 1 heteroatoms. The van der Waals surface area contributed by atoms with Gasteiger partial charge in [-0.05, 0) is 56.0 Å². The normalized spacial score (nSPS) is 10.3. The Morgan fingerprint density at radius 3 is 2.00 bits per heavy atom. The monoisotopic (exact) mass is 152 g/mol. The molecular formula is C10H13F. The molecule has 0 aromatic heterocycles. The lowest BCUT2D eigenvalue weighted by atomic mass is 9.99. The third-order valence-electron chi connectivity index (χ3n) is 2.42. The van der Waals surface area contributed by atoms with Crippen LogP contribution in [0.4, 0.5) is 4.39 Å². The molecule has 0 N–H and O–H groups in total. The van der Waals surface area contributed by atoms with E-state index in [0.717, 1.165) is 16.7 Å². The Morgan fingerprint density at radius 2 is 1.45 bits per heavy atom. The highest BCUT2D eigenvalue weighted by atomic mass is 19.1. The van der Waals surface area contributed by atoms with Crippen LogP contribution >= 0.6 is 0 Å². The second-order valence-corrected chi connectivity index (χ2v) is 3.05. The van der Waals surface area contributed by atoms with Crippen molar-refractivity contribution in [3.05, 3.63) is 34.1 Å². The van der Waals surface area contributed by atoms with Crippen LogP contribution < -0.4 is 0 Å². The van der Waals surface area contributed by atoms with Crippen LogP contribution in [-0.4, -0.2) is 0 Å². The van der Waals surface area contributed by atoms with Crippen LogP contribution in [0.15, 0.2) is 6.07 Å². The molecule has 0 radical (unpaired) electrons. The fraction of sp³-hybridized carbons (Fsp3) is 0.400. The topological polar surface area (TPSA) is 0 Å². The molecule has 0 saturated carbocycles. The van der Waals surface area contributed by atoms with Crippen LogP contribution in [0.1, 0.15) is 22.3 Å². The molecule has 1 aromatic rings. The van der Waals surface area contributed by atoms with Crippen LogP contribution in [0.5, 0.6) is 0 Å². The van der Waals surface area contributed by atoms with E-state index in [1.165, 1.54) is 5.56 Å². The summed E-state index contributed by atoms with van der Waals surface area (Å²) in [4.78, 5) is 0. The zero-order valence-corrected chi connectivity index (χ0v) is 7.46. The van der Waals surface area contributed by atoms with Gasteiger partial charge >= 0.3 is 0 Å². The van der Waals surface area contributed by atoms with Crippen LogP contribution in [0.3, 0.4) is 0 Å². The van der Waals surface area contributed by atoms with Crippen molar-refractivity contribution in [1.29, 1.82) is 0 Å². The van der Waals surface area contributed by atoms with Gasteiger partial charge in [-0.25, -0.2) is 4.39 Å². The summed E-state index contributed by atoms with van der Waals surface area (Å²) in [6.07, 6.45) is 0. The third kappa shape index (κ3) is 1.28. The molecule has 1 rings (SSSR count). The molecule has 11 heavy (non-hydrogen) atoms. The first-order valence-electron chi connectivity index (χ1n) is 3.77. The summed E-state index contributed by atoms with van der Waals surface area (Å²) < 4.78 is 13.0. The average molecular weight is 152 g/mol. The standard InChI is InChI=1S/C10H13F/c1-6-5-10(11)9(4)8(3)7(6)2/h5H,1-4H3. The predicted octanol–water partition coefficient (Wildman–Crippen LogP) is 3.06. The molecule has 0 nitrogen and oxygen atoms in total. The van der Waals surface area contributed by atoms with Gasteiger partial charge in [0, 0.05) is 0 Å². The van der Waals surface area contributed by atoms with Gasteiger partial charge in [-0.15, -0.1) is 0 Å². The summed E-state index contributed by atoms with van der Waals surface area (Å²) in [5.74, 6) is -0.0920. The van der Waals surface area contributed by atoms with Crippen molar-refractivity contribution in [1.82, 2.24) is 0 Å². The minimum Gasteiger partial charge on any atom is -0.207 e. The molecule has 0 amide bonds. The summed E-state index contributed by atoms with van der Waals surface area (Å²) in [5.41, 5.74) is 4.07. The van der Waals surface area contributed by atoms with Crippen LogP contribution in [0.25, 0.3) is 0 Å².